The van der Waals surface area contributed by atoms with Gasteiger partial charge in [-0.2, -0.15) is 0 Å². The van der Waals surface area contributed by atoms with Gasteiger partial charge in [0.25, 0.3) is 5.91 Å². The summed E-state index contributed by atoms with van der Waals surface area (Å²) in [6, 6.07) is 14.3. The first kappa shape index (κ1) is 13.7. The van der Waals surface area contributed by atoms with Crippen LogP contribution >= 0.6 is 22.6 Å². The molecule has 0 bridgehead atoms. The highest BCUT2D eigenvalue weighted by Crippen LogP contribution is 2.36. The van der Waals surface area contributed by atoms with Gasteiger partial charge in [0, 0.05) is 14.5 Å². The number of nitrogens with zero attached hydrogens (tertiary/aromatic N) is 2. The van der Waals surface area contributed by atoms with Gasteiger partial charge >= 0.3 is 0 Å². The predicted molar refractivity (Wildman–Crippen MR) is 88.0 cm³/mol. The molecule has 0 spiro atoms. The van der Waals surface area contributed by atoms with Crippen molar-refractivity contribution in [3.8, 4) is 5.88 Å². The molecule has 1 aromatic heterocycles. The second kappa shape index (κ2) is 5.65. The minimum atomic E-state index is -0.449. The van der Waals surface area contributed by atoms with Gasteiger partial charge in [-0.15, -0.1) is 10.2 Å². The maximum atomic E-state index is 11.9. The summed E-state index contributed by atoms with van der Waals surface area (Å²) in [5.74, 6) is -0.549. The lowest BCUT2D eigenvalue weighted by Gasteiger charge is -1.94. The third-order valence-corrected chi connectivity index (χ3v) is 3.65. The van der Waals surface area contributed by atoms with Crippen LogP contribution in [0.25, 0.3) is 10.9 Å². The van der Waals surface area contributed by atoms with Crippen LogP contribution in [-0.2, 0) is 0 Å². The van der Waals surface area contributed by atoms with Crippen molar-refractivity contribution in [3.63, 3.8) is 0 Å². The zero-order valence-electron chi connectivity index (χ0n) is 10.7. The van der Waals surface area contributed by atoms with Gasteiger partial charge in [0.05, 0.1) is 5.52 Å². The van der Waals surface area contributed by atoms with E-state index in [1.54, 1.807) is 24.3 Å². The van der Waals surface area contributed by atoms with Gasteiger partial charge in [0.15, 0.2) is 5.69 Å². The first-order valence-electron chi connectivity index (χ1n) is 6.16. The Hall–Kier alpha value is -2.22. The number of halogens is 1. The van der Waals surface area contributed by atoms with E-state index in [1.807, 2.05) is 24.3 Å². The van der Waals surface area contributed by atoms with Crippen LogP contribution < -0.4 is 0 Å². The Morgan fingerprint density at radius 3 is 2.67 bits per heavy atom. The first-order valence-corrected chi connectivity index (χ1v) is 7.24. The summed E-state index contributed by atoms with van der Waals surface area (Å²) >= 11 is 2.17. The molecule has 5 nitrogen and oxygen atoms in total. The number of rotatable bonds is 2. The van der Waals surface area contributed by atoms with Crippen LogP contribution in [0.2, 0.25) is 0 Å². The van der Waals surface area contributed by atoms with Gasteiger partial charge in [0.1, 0.15) is 0 Å². The second-order valence-corrected chi connectivity index (χ2v) is 5.63. The zero-order chi connectivity index (χ0) is 14.8. The summed E-state index contributed by atoms with van der Waals surface area (Å²) < 4.78 is 1.00. The molecule has 0 aliphatic carbocycles. The van der Waals surface area contributed by atoms with Crippen molar-refractivity contribution in [2.45, 2.75) is 0 Å². The van der Waals surface area contributed by atoms with E-state index >= 15 is 0 Å². The Labute approximate surface area is 133 Å². The number of benzene rings is 2. The van der Waals surface area contributed by atoms with Gasteiger partial charge < -0.3 is 10.1 Å². The monoisotopic (exact) mass is 391 g/mol. The van der Waals surface area contributed by atoms with E-state index in [9.17, 15) is 9.90 Å². The van der Waals surface area contributed by atoms with Crippen LogP contribution in [0.5, 0.6) is 5.88 Å². The number of aromatic amines is 1. The molecule has 104 valence electrons. The highest BCUT2D eigenvalue weighted by Gasteiger charge is 2.11. The largest absolute Gasteiger partial charge is 0.493 e. The van der Waals surface area contributed by atoms with Gasteiger partial charge in [-0.25, -0.2) is 0 Å². The smallest absolute Gasteiger partial charge is 0.295 e. The molecule has 3 rings (SSSR count). The normalized spacial score (nSPS) is 11.3. The molecule has 0 saturated heterocycles. The van der Waals surface area contributed by atoms with E-state index < -0.39 is 5.91 Å². The summed E-state index contributed by atoms with van der Waals surface area (Å²) in [5.41, 5.74) is 1.47. The molecule has 1 amide bonds. The van der Waals surface area contributed by atoms with Crippen LogP contribution in [-0.4, -0.2) is 16.0 Å². The third kappa shape index (κ3) is 2.80. The number of fused-ring (bicyclic) bond motifs is 1. The number of nitrogens with one attached hydrogen (secondary N) is 1. The number of azo groups is 1. The molecule has 2 N–H and O–H groups in total. The molecule has 3 aromatic rings. The molecule has 0 radical (unpaired) electrons. The number of carbonyl (C=O) groups excluding carboxylic acids is 1. The van der Waals surface area contributed by atoms with E-state index in [0.717, 1.165) is 14.5 Å². The zero-order valence-corrected chi connectivity index (χ0v) is 12.9. The van der Waals surface area contributed by atoms with Crippen LogP contribution in [0.3, 0.4) is 0 Å². The summed E-state index contributed by atoms with van der Waals surface area (Å²) in [7, 11) is 0. The van der Waals surface area contributed by atoms with Gasteiger partial charge in [0.2, 0.25) is 5.88 Å². The number of hydrogen-bond acceptors (Lipinski definition) is 3. The van der Waals surface area contributed by atoms with Gasteiger partial charge in [-0.05, 0) is 52.9 Å². The van der Waals surface area contributed by atoms with E-state index in [4.69, 9.17) is 0 Å². The quantitative estimate of drug-likeness (QED) is 0.502. The van der Waals surface area contributed by atoms with Crippen molar-refractivity contribution < 1.29 is 9.90 Å². The highest BCUT2D eigenvalue weighted by molar-refractivity contribution is 14.1. The Bertz CT molecular complexity index is 841. The molecule has 1 heterocycles. The average molecular weight is 391 g/mol. The van der Waals surface area contributed by atoms with Crippen LogP contribution in [0, 0.1) is 3.57 Å². The number of amides is 1. The van der Waals surface area contributed by atoms with E-state index in [-0.39, 0.29) is 11.6 Å². The number of aromatic hydroxyl groups is 1. The minimum Gasteiger partial charge on any atom is -0.493 e. The van der Waals surface area contributed by atoms with E-state index in [2.05, 4.69) is 37.8 Å². The molecular weight excluding hydrogens is 381 g/mol. The number of hydrogen-bond donors (Lipinski definition) is 2. The number of aromatic nitrogens is 1. The molecule has 0 fully saturated rings. The standard InChI is InChI=1S/C15H10IN3O2/c16-10-6-7-12-11(8-10)13(15(21)17-12)18-19-14(20)9-4-2-1-3-5-9/h1-8,17,21H. The van der Waals surface area contributed by atoms with E-state index in [0.29, 0.717) is 5.56 Å². The highest BCUT2D eigenvalue weighted by atomic mass is 127. The number of H-pyrrole nitrogens is 1. The lowest BCUT2D eigenvalue weighted by molar-refractivity contribution is 0.0995. The van der Waals surface area contributed by atoms with Crippen molar-refractivity contribution in [3.05, 3.63) is 57.7 Å². The van der Waals surface area contributed by atoms with Crippen LogP contribution in [0.4, 0.5) is 5.69 Å². The van der Waals surface area contributed by atoms with Crippen LogP contribution in [0.15, 0.2) is 58.8 Å². The predicted octanol–water partition coefficient (Wildman–Crippen LogP) is 4.40. The van der Waals surface area contributed by atoms with Crippen molar-refractivity contribution >= 4 is 45.1 Å². The van der Waals surface area contributed by atoms with Crippen molar-refractivity contribution in [1.82, 2.24) is 4.98 Å². The molecule has 0 saturated carbocycles. The Morgan fingerprint density at radius 2 is 1.90 bits per heavy atom. The first-order chi connectivity index (χ1) is 10.1. The molecule has 0 aliphatic heterocycles. The minimum absolute atomic E-state index is 0.100. The SMILES string of the molecule is O=C(N=Nc1c(O)[nH]c2ccc(I)cc12)c1ccccc1. The van der Waals surface area contributed by atoms with Gasteiger partial charge in [-0.3, -0.25) is 4.79 Å². The molecule has 21 heavy (non-hydrogen) atoms. The van der Waals surface area contributed by atoms with Crippen molar-refractivity contribution in [1.29, 1.82) is 0 Å². The summed E-state index contributed by atoms with van der Waals surface area (Å²) in [5, 5.41) is 18.2. The molecule has 0 unspecified atom stereocenters. The molecule has 0 atom stereocenters. The molecular formula is C15H10IN3O2. The van der Waals surface area contributed by atoms with Crippen molar-refractivity contribution in [2.24, 2.45) is 10.2 Å². The lowest BCUT2D eigenvalue weighted by atomic mass is 10.2. The molecule has 0 aliphatic rings. The Morgan fingerprint density at radius 1 is 1.14 bits per heavy atom. The number of carbonyl (C=O) groups is 1. The topological polar surface area (TPSA) is 77.8 Å². The molecule has 6 heteroatoms. The molecule has 2 aromatic carbocycles. The van der Waals surface area contributed by atoms with Gasteiger partial charge in [-0.1, -0.05) is 18.2 Å². The summed E-state index contributed by atoms with van der Waals surface area (Å²) in [6.07, 6.45) is 0. The van der Waals surface area contributed by atoms with Crippen molar-refractivity contribution in [2.75, 3.05) is 0 Å². The van der Waals surface area contributed by atoms with Crippen LogP contribution in [0.1, 0.15) is 10.4 Å². The third-order valence-electron chi connectivity index (χ3n) is 2.98. The Balaban J connectivity index is 1.98. The Kier molecular flexibility index (Phi) is 3.70. The fourth-order valence-electron chi connectivity index (χ4n) is 1.97. The second-order valence-electron chi connectivity index (χ2n) is 4.38. The maximum Gasteiger partial charge on any atom is 0.295 e. The fourth-order valence-corrected chi connectivity index (χ4v) is 2.46. The lowest BCUT2D eigenvalue weighted by Crippen LogP contribution is -1.91. The fraction of sp³-hybridized carbons (Fsp3) is 0. The summed E-state index contributed by atoms with van der Waals surface area (Å²) in [4.78, 5) is 14.7. The maximum absolute atomic E-state index is 11.9. The van der Waals surface area contributed by atoms with E-state index in [1.165, 1.54) is 0 Å². The summed E-state index contributed by atoms with van der Waals surface area (Å²) in [6.45, 7) is 0. The average Bonchev–Trinajstić information content (AvgIpc) is 2.80.